The Kier molecular flexibility index (Phi) is 6.91. The summed E-state index contributed by atoms with van der Waals surface area (Å²) in [5, 5.41) is 14.1. The average Bonchev–Trinajstić information content (AvgIpc) is 2.95. The van der Waals surface area contributed by atoms with E-state index in [1.807, 2.05) is 43.0 Å². The maximum atomic E-state index is 13.3. The minimum atomic E-state index is -0.642. The Morgan fingerprint density at radius 2 is 1.82 bits per heavy atom. The van der Waals surface area contributed by atoms with Gasteiger partial charge in [-0.25, -0.2) is 4.79 Å². The van der Waals surface area contributed by atoms with Gasteiger partial charge in [-0.15, -0.1) is 0 Å². The smallest absolute Gasteiger partial charge is 0.340 e. The van der Waals surface area contributed by atoms with Crippen molar-refractivity contribution in [2.45, 2.75) is 71.5 Å². The van der Waals surface area contributed by atoms with Crippen LogP contribution in [0.1, 0.15) is 59.9 Å². The highest BCUT2D eigenvalue weighted by atomic mass is 16.5. The summed E-state index contributed by atoms with van der Waals surface area (Å²) in [6.07, 6.45) is 4.52. The zero-order valence-electron chi connectivity index (χ0n) is 23.6. The molecule has 40 heavy (non-hydrogen) atoms. The second-order valence-corrected chi connectivity index (χ2v) is 11.7. The third kappa shape index (κ3) is 4.68. The summed E-state index contributed by atoms with van der Waals surface area (Å²) in [6.45, 7) is 7.37. The Bertz CT molecular complexity index is 1670. The molecule has 0 spiro atoms. The van der Waals surface area contributed by atoms with Gasteiger partial charge in [0.25, 0.3) is 0 Å². The van der Waals surface area contributed by atoms with E-state index >= 15 is 0 Å². The van der Waals surface area contributed by atoms with Gasteiger partial charge in [0, 0.05) is 35.5 Å². The van der Waals surface area contributed by atoms with Crippen molar-refractivity contribution in [2.75, 3.05) is 13.1 Å². The molecule has 208 valence electrons. The first-order chi connectivity index (χ1) is 19.2. The normalized spacial score (nSPS) is 21.0. The second-order valence-electron chi connectivity index (χ2n) is 11.7. The highest BCUT2D eigenvalue weighted by Crippen LogP contribution is 2.40. The number of likely N-dealkylation sites (tertiary alicyclic amines) is 1. The van der Waals surface area contributed by atoms with E-state index in [9.17, 15) is 14.7 Å². The third-order valence-corrected chi connectivity index (χ3v) is 9.41. The topological polar surface area (TPSA) is 80.0 Å². The Morgan fingerprint density at radius 1 is 1.00 bits per heavy atom. The second kappa shape index (κ2) is 10.4. The molecule has 6 rings (SSSR count). The molecule has 0 bridgehead atoms. The van der Waals surface area contributed by atoms with E-state index in [1.165, 1.54) is 10.8 Å². The molecule has 1 aliphatic carbocycles. The van der Waals surface area contributed by atoms with E-state index in [4.69, 9.17) is 9.15 Å². The molecular weight excluding hydrogens is 502 g/mol. The van der Waals surface area contributed by atoms with E-state index in [2.05, 4.69) is 31.2 Å². The fourth-order valence-corrected chi connectivity index (χ4v) is 6.78. The van der Waals surface area contributed by atoms with Gasteiger partial charge in [0.1, 0.15) is 17.9 Å². The van der Waals surface area contributed by atoms with E-state index in [-0.39, 0.29) is 18.2 Å². The molecular formula is C34H37NO5. The van der Waals surface area contributed by atoms with Crippen LogP contribution < -0.4 is 10.4 Å². The molecule has 2 fully saturated rings. The Hall–Kier alpha value is -3.64. The molecule has 2 aliphatic rings. The minimum Gasteiger partial charge on any atom is -0.488 e. The van der Waals surface area contributed by atoms with Crippen molar-refractivity contribution in [1.82, 2.24) is 4.90 Å². The molecule has 6 nitrogen and oxygen atoms in total. The van der Waals surface area contributed by atoms with Crippen molar-refractivity contribution in [3.63, 3.8) is 0 Å². The molecule has 6 heteroatoms. The molecule has 3 aromatic carbocycles. The molecule has 1 aliphatic heterocycles. The van der Waals surface area contributed by atoms with Gasteiger partial charge in [-0.3, -0.25) is 4.79 Å². The summed E-state index contributed by atoms with van der Waals surface area (Å²) >= 11 is 0. The van der Waals surface area contributed by atoms with Crippen LogP contribution in [0.3, 0.4) is 0 Å². The van der Waals surface area contributed by atoms with Crippen LogP contribution in [0.5, 0.6) is 5.75 Å². The van der Waals surface area contributed by atoms with Gasteiger partial charge in [-0.1, -0.05) is 49.2 Å². The van der Waals surface area contributed by atoms with Crippen molar-refractivity contribution >= 4 is 27.6 Å². The number of benzene rings is 3. The lowest BCUT2D eigenvalue weighted by Crippen LogP contribution is -2.55. The number of hydrogen-bond acceptors (Lipinski definition) is 5. The summed E-state index contributed by atoms with van der Waals surface area (Å²) in [7, 11) is 0. The molecule has 1 amide bonds. The number of hydrogen-bond donors (Lipinski definition) is 1. The summed E-state index contributed by atoms with van der Waals surface area (Å²) in [6, 6.07) is 16.3. The first-order valence-electron chi connectivity index (χ1n) is 14.4. The SMILES string of the molecule is Cc1ccc2ccccc2c1COc1ccc2c(C)c(CC(=O)N3CC[C@@]4(O)CCCC[C@@H]4C3)c(=O)oc2c1C. The van der Waals surface area contributed by atoms with Crippen LogP contribution in [-0.2, 0) is 17.8 Å². The van der Waals surface area contributed by atoms with Crippen molar-refractivity contribution in [1.29, 1.82) is 0 Å². The fraction of sp³-hybridized carbons (Fsp3) is 0.412. The largest absolute Gasteiger partial charge is 0.488 e. The standard InChI is InChI=1S/C34H37NO5/c1-21-11-12-24-8-4-5-10-27(24)29(21)20-39-30-14-13-26-22(2)28(33(37)40-32(26)23(30)3)18-31(36)35-17-16-34(38)15-7-6-9-25(34)19-35/h4-5,8,10-14,25,38H,6-7,9,15-20H2,1-3H3/t25-,34+/m1/s1. The van der Waals surface area contributed by atoms with Gasteiger partial charge in [-0.05, 0) is 74.1 Å². The fourth-order valence-electron chi connectivity index (χ4n) is 6.78. The Labute approximate surface area is 234 Å². The Balaban J connectivity index is 1.23. The first kappa shape index (κ1) is 26.6. The van der Waals surface area contributed by atoms with Gasteiger partial charge in [0.15, 0.2) is 0 Å². The molecule has 1 saturated carbocycles. The van der Waals surface area contributed by atoms with Gasteiger partial charge in [0.05, 0.1) is 17.6 Å². The zero-order valence-corrected chi connectivity index (χ0v) is 23.6. The monoisotopic (exact) mass is 539 g/mol. The van der Waals surface area contributed by atoms with Crippen LogP contribution in [0, 0.1) is 26.7 Å². The number of fused-ring (bicyclic) bond motifs is 3. The van der Waals surface area contributed by atoms with Crippen LogP contribution in [-0.4, -0.2) is 34.6 Å². The van der Waals surface area contributed by atoms with Crippen LogP contribution >= 0.6 is 0 Å². The highest BCUT2D eigenvalue weighted by molar-refractivity contribution is 5.88. The number of aryl methyl sites for hydroxylation is 3. The van der Waals surface area contributed by atoms with E-state index in [0.29, 0.717) is 43.0 Å². The first-order valence-corrected chi connectivity index (χ1v) is 14.4. The number of rotatable bonds is 5. The number of amides is 1. The van der Waals surface area contributed by atoms with Gasteiger partial charge in [-0.2, -0.15) is 0 Å². The Morgan fingerprint density at radius 3 is 2.67 bits per heavy atom. The summed E-state index contributed by atoms with van der Waals surface area (Å²) < 4.78 is 12.1. The predicted octanol–water partition coefficient (Wildman–Crippen LogP) is 6.15. The number of ether oxygens (including phenoxy) is 1. The highest BCUT2D eigenvalue weighted by Gasteiger charge is 2.43. The van der Waals surface area contributed by atoms with Crippen LogP contribution in [0.2, 0.25) is 0 Å². The number of aliphatic hydroxyl groups is 1. The lowest BCUT2D eigenvalue weighted by molar-refractivity contribution is -0.142. The van der Waals surface area contributed by atoms with E-state index in [0.717, 1.165) is 53.3 Å². The quantitative estimate of drug-likeness (QED) is 0.308. The third-order valence-electron chi connectivity index (χ3n) is 9.41. The maximum Gasteiger partial charge on any atom is 0.340 e. The molecule has 1 saturated heterocycles. The molecule has 1 N–H and O–H groups in total. The molecule has 2 heterocycles. The lowest BCUT2D eigenvalue weighted by atomic mass is 9.71. The minimum absolute atomic E-state index is 0.00686. The van der Waals surface area contributed by atoms with Crippen LogP contribution in [0.15, 0.2) is 57.7 Å². The van der Waals surface area contributed by atoms with Crippen LogP contribution in [0.25, 0.3) is 21.7 Å². The molecule has 0 radical (unpaired) electrons. The number of carbonyl (C=O) groups is 1. The average molecular weight is 540 g/mol. The summed E-state index contributed by atoms with van der Waals surface area (Å²) in [5.41, 5.74) is 3.61. The molecule has 0 unspecified atom stereocenters. The van der Waals surface area contributed by atoms with Crippen molar-refractivity contribution in [3.8, 4) is 5.75 Å². The number of piperidine rings is 1. The zero-order chi connectivity index (χ0) is 28.0. The molecule has 1 aromatic heterocycles. The van der Waals surface area contributed by atoms with Gasteiger partial charge >= 0.3 is 5.63 Å². The van der Waals surface area contributed by atoms with E-state index < -0.39 is 11.2 Å². The summed E-state index contributed by atoms with van der Waals surface area (Å²) in [4.78, 5) is 28.3. The van der Waals surface area contributed by atoms with Crippen molar-refractivity contribution in [2.24, 2.45) is 5.92 Å². The summed E-state index contributed by atoms with van der Waals surface area (Å²) in [5.74, 6) is 0.704. The molecule has 2 atom stereocenters. The maximum absolute atomic E-state index is 13.3. The molecule has 4 aromatic rings. The predicted molar refractivity (Wildman–Crippen MR) is 157 cm³/mol. The van der Waals surface area contributed by atoms with Gasteiger partial charge < -0.3 is 19.2 Å². The van der Waals surface area contributed by atoms with Gasteiger partial charge in [0.2, 0.25) is 5.91 Å². The number of carbonyl (C=O) groups excluding carboxylic acids is 1. The van der Waals surface area contributed by atoms with E-state index in [1.54, 1.807) is 0 Å². The number of nitrogens with zero attached hydrogens (tertiary/aromatic N) is 1. The van der Waals surface area contributed by atoms with Crippen molar-refractivity contribution < 1.29 is 19.1 Å². The lowest BCUT2D eigenvalue weighted by Gasteiger charge is -2.47. The van der Waals surface area contributed by atoms with Crippen molar-refractivity contribution in [3.05, 3.63) is 86.8 Å². The van der Waals surface area contributed by atoms with Crippen LogP contribution in [0.4, 0.5) is 0 Å².